The van der Waals surface area contributed by atoms with Crippen molar-refractivity contribution in [1.29, 1.82) is 0 Å². The maximum atomic E-state index is 13.8. The van der Waals surface area contributed by atoms with Crippen molar-refractivity contribution < 1.29 is 31.6 Å². The van der Waals surface area contributed by atoms with Crippen LogP contribution >= 0.6 is 0 Å². The molecule has 34 heavy (non-hydrogen) atoms. The summed E-state index contributed by atoms with van der Waals surface area (Å²) in [4.78, 5) is 16.6. The van der Waals surface area contributed by atoms with Gasteiger partial charge in [0.15, 0.2) is 6.61 Å². The van der Waals surface area contributed by atoms with Crippen molar-refractivity contribution in [2.75, 3.05) is 13.1 Å². The Labute approximate surface area is 196 Å². The third-order valence-corrected chi connectivity index (χ3v) is 7.18. The second-order valence-corrected chi connectivity index (χ2v) is 10.1. The minimum atomic E-state index is -3.71. The number of hydrogen-bond donors (Lipinski definition) is 0. The number of hydrogen-bond acceptors (Lipinski definition) is 8. The van der Waals surface area contributed by atoms with E-state index in [1.165, 1.54) is 34.6 Å². The highest BCUT2D eigenvalue weighted by Gasteiger charge is 2.32. The van der Waals surface area contributed by atoms with Crippen LogP contribution in [0.15, 0.2) is 51.9 Å². The number of benzene rings is 2. The lowest BCUT2D eigenvalue weighted by Gasteiger charge is -2.34. The predicted molar refractivity (Wildman–Crippen MR) is 119 cm³/mol. The van der Waals surface area contributed by atoms with Crippen molar-refractivity contribution in [2.24, 2.45) is 0 Å². The summed E-state index contributed by atoms with van der Waals surface area (Å²) in [5.74, 6) is -0.859. The first-order valence-corrected chi connectivity index (χ1v) is 12.1. The van der Waals surface area contributed by atoms with Crippen molar-refractivity contribution >= 4 is 16.0 Å². The summed E-state index contributed by atoms with van der Waals surface area (Å²) in [6.07, 6.45) is -0.411. The average Bonchev–Trinajstić information content (AvgIpc) is 3.28. The van der Waals surface area contributed by atoms with Crippen LogP contribution < -0.4 is 0 Å². The summed E-state index contributed by atoms with van der Waals surface area (Å²) in [5.41, 5.74) is 1.10. The third-order valence-electron chi connectivity index (χ3n) is 5.34. The number of ether oxygens (including phenoxy) is 2. The topological polar surface area (TPSA) is 112 Å². The molecule has 2 heterocycles. The summed E-state index contributed by atoms with van der Waals surface area (Å²) < 4.78 is 56.9. The van der Waals surface area contributed by atoms with Gasteiger partial charge in [-0.1, -0.05) is 17.3 Å². The number of carbonyl (C=O) groups excluding carboxylic acids is 1. The van der Waals surface area contributed by atoms with Gasteiger partial charge in [0.2, 0.25) is 15.8 Å². The van der Waals surface area contributed by atoms with Crippen LogP contribution in [0.25, 0.3) is 11.4 Å². The molecule has 1 aliphatic rings. The Morgan fingerprint density at radius 1 is 1.15 bits per heavy atom. The predicted octanol–water partition coefficient (Wildman–Crippen LogP) is 3.34. The number of aryl methyl sites for hydroxylation is 1. The summed E-state index contributed by atoms with van der Waals surface area (Å²) in [6, 6.07) is 10.1. The molecule has 0 bridgehead atoms. The Balaban J connectivity index is 1.39. The molecule has 180 valence electrons. The van der Waals surface area contributed by atoms with Crippen LogP contribution in [0.1, 0.15) is 35.7 Å². The van der Waals surface area contributed by atoms with E-state index in [-0.39, 0.29) is 54.1 Å². The molecule has 0 spiro atoms. The van der Waals surface area contributed by atoms with Gasteiger partial charge in [0, 0.05) is 18.7 Å². The Kier molecular flexibility index (Phi) is 6.78. The number of halogens is 1. The molecule has 3 aromatic rings. The molecular formula is C23H24FN3O6S. The molecule has 1 fully saturated rings. The number of carbonyl (C=O) groups is 1. The number of rotatable bonds is 6. The van der Waals surface area contributed by atoms with Gasteiger partial charge in [0.1, 0.15) is 5.82 Å². The van der Waals surface area contributed by atoms with Crippen LogP contribution in [-0.4, -0.2) is 54.1 Å². The van der Waals surface area contributed by atoms with E-state index in [1.807, 2.05) is 13.8 Å². The molecule has 9 nitrogen and oxygen atoms in total. The quantitative estimate of drug-likeness (QED) is 0.485. The van der Waals surface area contributed by atoms with Crippen LogP contribution in [0.4, 0.5) is 4.39 Å². The van der Waals surface area contributed by atoms with E-state index in [0.29, 0.717) is 11.1 Å². The van der Waals surface area contributed by atoms with Gasteiger partial charge >= 0.3 is 5.97 Å². The standard InChI is InChI=1S/C23H24FN3O6S/c1-14-4-5-18(10-20(14)24)22-25-21(33-26-22)13-31-23(28)17-6-8-19(9-7-17)34(29,30)27-11-15(2)32-16(3)12-27/h4-10,15-16H,11-13H2,1-3H3. The lowest BCUT2D eigenvalue weighted by Crippen LogP contribution is -2.48. The number of esters is 1. The highest BCUT2D eigenvalue weighted by molar-refractivity contribution is 7.89. The highest BCUT2D eigenvalue weighted by atomic mass is 32.2. The molecule has 0 radical (unpaired) electrons. The minimum absolute atomic E-state index is 0.0408. The van der Waals surface area contributed by atoms with Gasteiger partial charge in [-0.3, -0.25) is 0 Å². The molecule has 2 unspecified atom stereocenters. The van der Waals surface area contributed by atoms with Gasteiger partial charge in [-0.25, -0.2) is 17.6 Å². The van der Waals surface area contributed by atoms with Crippen molar-refractivity contribution in [3.63, 3.8) is 0 Å². The molecule has 0 N–H and O–H groups in total. The van der Waals surface area contributed by atoms with Crippen LogP contribution in [0.5, 0.6) is 0 Å². The number of nitrogens with zero attached hydrogens (tertiary/aromatic N) is 3. The van der Waals surface area contributed by atoms with Gasteiger partial charge in [0.25, 0.3) is 5.89 Å². The Morgan fingerprint density at radius 2 is 1.82 bits per heavy atom. The van der Waals surface area contributed by atoms with Crippen molar-refractivity contribution in [3.05, 3.63) is 65.3 Å². The highest BCUT2D eigenvalue weighted by Crippen LogP contribution is 2.22. The van der Waals surface area contributed by atoms with Gasteiger partial charge in [-0.05, 0) is 56.7 Å². The average molecular weight is 490 g/mol. The van der Waals surface area contributed by atoms with Crippen LogP contribution in [0.2, 0.25) is 0 Å². The maximum Gasteiger partial charge on any atom is 0.338 e. The second-order valence-electron chi connectivity index (χ2n) is 8.16. The first kappa shape index (κ1) is 24.0. The van der Waals surface area contributed by atoms with Gasteiger partial charge in [-0.2, -0.15) is 9.29 Å². The molecule has 4 rings (SSSR count). The minimum Gasteiger partial charge on any atom is -0.452 e. The summed E-state index contributed by atoms with van der Waals surface area (Å²) in [7, 11) is -3.71. The summed E-state index contributed by atoms with van der Waals surface area (Å²) in [6.45, 7) is 5.52. The van der Waals surface area contributed by atoms with E-state index >= 15 is 0 Å². The SMILES string of the molecule is Cc1ccc(-c2noc(COC(=O)c3ccc(S(=O)(=O)N4CC(C)OC(C)C4)cc3)n2)cc1F. The molecule has 2 atom stereocenters. The van der Waals surface area contributed by atoms with E-state index in [1.54, 1.807) is 19.1 Å². The lowest BCUT2D eigenvalue weighted by molar-refractivity contribution is -0.0440. The van der Waals surface area contributed by atoms with Crippen molar-refractivity contribution in [2.45, 2.75) is 44.5 Å². The third kappa shape index (κ3) is 5.16. The fourth-order valence-electron chi connectivity index (χ4n) is 3.61. The largest absolute Gasteiger partial charge is 0.452 e. The lowest BCUT2D eigenvalue weighted by atomic mass is 10.1. The van der Waals surface area contributed by atoms with E-state index in [0.717, 1.165) is 0 Å². The zero-order valence-electron chi connectivity index (χ0n) is 18.9. The molecule has 1 saturated heterocycles. The molecular weight excluding hydrogens is 465 g/mol. The fraction of sp³-hybridized carbons (Fsp3) is 0.348. The number of sulfonamides is 1. The first-order chi connectivity index (χ1) is 16.1. The van der Waals surface area contributed by atoms with Crippen LogP contribution in [-0.2, 0) is 26.1 Å². The molecule has 0 amide bonds. The number of aromatic nitrogens is 2. The van der Waals surface area contributed by atoms with E-state index in [4.69, 9.17) is 14.0 Å². The van der Waals surface area contributed by atoms with Crippen molar-refractivity contribution in [1.82, 2.24) is 14.4 Å². The monoisotopic (exact) mass is 489 g/mol. The van der Waals surface area contributed by atoms with Gasteiger partial charge in [-0.15, -0.1) is 0 Å². The first-order valence-electron chi connectivity index (χ1n) is 10.7. The van der Waals surface area contributed by atoms with E-state index in [9.17, 15) is 17.6 Å². The Bertz CT molecular complexity index is 1280. The van der Waals surface area contributed by atoms with Gasteiger partial charge in [0.05, 0.1) is 22.7 Å². The Hall–Kier alpha value is -3.15. The van der Waals surface area contributed by atoms with Crippen molar-refractivity contribution in [3.8, 4) is 11.4 Å². The second kappa shape index (κ2) is 9.61. The maximum absolute atomic E-state index is 13.8. The van der Waals surface area contributed by atoms with E-state index < -0.39 is 21.8 Å². The molecule has 0 aliphatic carbocycles. The molecule has 11 heteroatoms. The normalized spacial score (nSPS) is 19.2. The molecule has 1 aliphatic heterocycles. The zero-order valence-corrected chi connectivity index (χ0v) is 19.7. The summed E-state index contributed by atoms with van der Waals surface area (Å²) >= 11 is 0. The molecule has 2 aromatic carbocycles. The molecule has 1 aromatic heterocycles. The fourth-order valence-corrected chi connectivity index (χ4v) is 5.20. The molecule has 0 saturated carbocycles. The van der Waals surface area contributed by atoms with Gasteiger partial charge < -0.3 is 14.0 Å². The number of morpholine rings is 1. The van der Waals surface area contributed by atoms with Crippen LogP contribution in [0.3, 0.4) is 0 Å². The Morgan fingerprint density at radius 3 is 2.47 bits per heavy atom. The van der Waals surface area contributed by atoms with E-state index in [2.05, 4.69) is 10.1 Å². The summed E-state index contributed by atoms with van der Waals surface area (Å²) in [5, 5.41) is 3.78. The smallest absolute Gasteiger partial charge is 0.338 e. The van der Waals surface area contributed by atoms with Crippen LogP contribution in [0, 0.1) is 12.7 Å². The zero-order chi connectivity index (χ0) is 24.5.